The first-order chi connectivity index (χ1) is 20.8. The highest BCUT2D eigenvalue weighted by Crippen LogP contribution is 2.32. The SMILES string of the molecule is COc1cc(C=C2C(=O)N(c3ccccc3)C(=O)N(c3ccccc3)C2=O)ccc1OCC(=O)Nc1ccc(C)c(C)c1. The lowest BCUT2D eigenvalue weighted by Crippen LogP contribution is -2.57. The summed E-state index contributed by atoms with van der Waals surface area (Å²) < 4.78 is 11.2. The standard InChI is InChI=1S/C34H29N3O6/c1-22-14-16-25(18-23(22)2)35-31(38)21-43-29-17-15-24(20-30(29)42-3)19-28-32(39)36(26-10-6-4-7-11-26)34(41)37(33(28)40)27-12-8-5-9-13-27/h4-20H,21H2,1-3H3,(H,35,38). The number of rotatable bonds is 8. The largest absolute Gasteiger partial charge is 0.493 e. The van der Waals surface area contributed by atoms with Crippen LogP contribution in [0.25, 0.3) is 6.08 Å². The van der Waals surface area contributed by atoms with Crippen molar-refractivity contribution in [1.82, 2.24) is 0 Å². The Morgan fingerprint density at radius 2 is 1.35 bits per heavy atom. The van der Waals surface area contributed by atoms with Crippen molar-refractivity contribution in [3.63, 3.8) is 0 Å². The Labute approximate surface area is 248 Å². The Morgan fingerprint density at radius 3 is 1.91 bits per heavy atom. The maximum absolute atomic E-state index is 13.6. The highest BCUT2D eigenvalue weighted by molar-refractivity contribution is 6.46. The first-order valence-electron chi connectivity index (χ1n) is 13.5. The van der Waals surface area contributed by atoms with Crippen molar-refractivity contribution in [1.29, 1.82) is 0 Å². The molecule has 1 heterocycles. The summed E-state index contributed by atoms with van der Waals surface area (Å²) in [6.45, 7) is 3.70. The fourth-order valence-corrected chi connectivity index (χ4v) is 4.56. The van der Waals surface area contributed by atoms with Gasteiger partial charge in [-0.15, -0.1) is 0 Å². The minimum atomic E-state index is -0.773. The number of barbiturate groups is 1. The summed E-state index contributed by atoms with van der Waals surface area (Å²) in [6, 6.07) is 26.5. The topological polar surface area (TPSA) is 105 Å². The molecular formula is C34H29N3O6. The van der Waals surface area contributed by atoms with Gasteiger partial charge in [0.25, 0.3) is 17.7 Å². The van der Waals surface area contributed by atoms with Crippen LogP contribution in [0.4, 0.5) is 21.9 Å². The van der Waals surface area contributed by atoms with Crippen molar-refractivity contribution in [2.75, 3.05) is 28.8 Å². The molecule has 0 saturated carbocycles. The molecule has 0 atom stereocenters. The summed E-state index contributed by atoms with van der Waals surface area (Å²) in [6.07, 6.45) is 1.40. The Morgan fingerprint density at radius 1 is 0.744 bits per heavy atom. The number of aryl methyl sites for hydroxylation is 2. The number of carbonyl (C=O) groups excluding carboxylic acids is 4. The van der Waals surface area contributed by atoms with Gasteiger partial charge in [-0.25, -0.2) is 14.6 Å². The monoisotopic (exact) mass is 575 g/mol. The molecule has 43 heavy (non-hydrogen) atoms. The Hall–Kier alpha value is -5.70. The summed E-state index contributed by atoms with van der Waals surface area (Å²) in [7, 11) is 1.44. The molecule has 1 aliphatic heterocycles. The number of amides is 5. The van der Waals surface area contributed by atoms with Crippen molar-refractivity contribution in [2.45, 2.75) is 13.8 Å². The van der Waals surface area contributed by atoms with Crippen LogP contribution in [0.3, 0.4) is 0 Å². The molecule has 0 radical (unpaired) electrons. The smallest absolute Gasteiger partial charge is 0.343 e. The molecule has 0 aliphatic carbocycles. The molecule has 4 aromatic carbocycles. The Bertz CT molecular complexity index is 1670. The number of benzene rings is 4. The third-order valence-electron chi connectivity index (χ3n) is 6.93. The zero-order valence-corrected chi connectivity index (χ0v) is 23.9. The van der Waals surface area contributed by atoms with Gasteiger partial charge in [-0.3, -0.25) is 14.4 Å². The first kappa shape index (κ1) is 28.8. The predicted molar refractivity (Wildman–Crippen MR) is 164 cm³/mol. The molecule has 5 amide bonds. The number of hydrogen-bond donors (Lipinski definition) is 1. The van der Waals surface area contributed by atoms with E-state index in [9.17, 15) is 19.2 Å². The van der Waals surface area contributed by atoms with Gasteiger partial charge in [-0.1, -0.05) is 48.5 Å². The number of hydrogen-bond acceptors (Lipinski definition) is 6. The average molecular weight is 576 g/mol. The molecule has 9 heteroatoms. The van der Waals surface area contributed by atoms with Crippen LogP contribution >= 0.6 is 0 Å². The second kappa shape index (κ2) is 12.4. The number of methoxy groups -OCH3 is 1. The van der Waals surface area contributed by atoms with Gasteiger partial charge in [0.05, 0.1) is 18.5 Å². The Kier molecular flexibility index (Phi) is 8.34. The van der Waals surface area contributed by atoms with Crippen LogP contribution in [-0.2, 0) is 14.4 Å². The van der Waals surface area contributed by atoms with Crippen LogP contribution in [0.1, 0.15) is 16.7 Å². The van der Waals surface area contributed by atoms with E-state index in [1.165, 1.54) is 13.2 Å². The molecule has 0 aromatic heterocycles. The van der Waals surface area contributed by atoms with E-state index in [2.05, 4.69) is 5.32 Å². The van der Waals surface area contributed by atoms with Crippen molar-refractivity contribution in [3.8, 4) is 11.5 Å². The molecule has 216 valence electrons. The number of anilines is 3. The second-order valence-electron chi connectivity index (χ2n) is 9.84. The normalized spacial score (nSPS) is 13.2. The lowest BCUT2D eigenvalue weighted by atomic mass is 10.0. The number of imide groups is 2. The van der Waals surface area contributed by atoms with Gasteiger partial charge in [0.2, 0.25) is 0 Å². The number of urea groups is 1. The summed E-state index contributed by atoms with van der Waals surface area (Å²) in [5.41, 5.74) is 3.75. The summed E-state index contributed by atoms with van der Waals surface area (Å²) in [5, 5.41) is 2.81. The van der Waals surface area contributed by atoms with Gasteiger partial charge in [-0.05, 0) is 85.1 Å². The van der Waals surface area contributed by atoms with Gasteiger partial charge in [-0.2, -0.15) is 0 Å². The highest BCUT2D eigenvalue weighted by Gasteiger charge is 2.43. The fraction of sp³-hybridized carbons (Fsp3) is 0.118. The first-order valence-corrected chi connectivity index (χ1v) is 13.5. The molecule has 0 unspecified atom stereocenters. The molecule has 0 bridgehead atoms. The molecule has 1 N–H and O–H groups in total. The molecule has 1 fully saturated rings. The summed E-state index contributed by atoms with van der Waals surface area (Å²) in [5.74, 6) is -1.26. The van der Waals surface area contributed by atoms with E-state index in [0.29, 0.717) is 34.1 Å². The molecule has 5 rings (SSSR count). The fourth-order valence-electron chi connectivity index (χ4n) is 4.56. The third kappa shape index (κ3) is 6.15. The van der Waals surface area contributed by atoms with Crippen LogP contribution in [0, 0.1) is 13.8 Å². The van der Waals surface area contributed by atoms with Gasteiger partial charge in [0.15, 0.2) is 18.1 Å². The van der Waals surface area contributed by atoms with E-state index >= 15 is 0 Å². The molecular weight excluding hydrogens is 546 g/mol. The zero-order chi connectivity index (χ0) is 30.5. The minimum absolute atomic E-state index is 0.212. The molecule has 9 nitrogen and oxygen atoms in total. The van der Waals surface area contributed by atoms with E-state index < -0.39 is 17.8 Å². The highest BCUT2D eigenvalue weighted by atomic mass is 16.5. The van der Waals surface area contributed by atoms with Crippen LogP contribution in [-0.4, -0.2) is 37.5 Å². The van der Waals surface area contributed by atoms with Gasteiger partial charge >= 0.3 is 6.03 Å². The molecule has 1 aliphatic rings. The van der Waals surface area contributed by atoms with Gasteiger partial charge < -0.3 is 14.8 Å². The minimum Gasteiger partial charge on any atom is -0.493 e. The number of carbonyl (C=O) groups is 4. The Balaban J connectivity index is 1.41. The molecule has 1 saturated heterocycles. The van der Waals surface area contributed by atoms with Crippen molar-refractivity contribution < 1.29 is 28.7 Å². The number of para-hydroxylation sites is 2. The maximum Gasteiger partial charge on any atom is 0.343 e. The molecule has 0 spiro atoms. The van der Waals surface area contributed by atoms with E-state index in [0.717, 1.165) is 20.9 Å². The van der Waals surface area contributed by atoms with Crippen LogP contribution in [0.2, 0.25) is 0 Å². The summed E-state index contributed by atoms with van der Waals surface area (Å²) >= 11 is 0. The van der Waals surface area contributed by atoms with Gasteiger partial charge in [0, 0.05) is 5.69 Å². The van der Waals surface area contributed by atoms with Crippen molar-refractivity contribution in [3.05, 3.63) is 119 Å². The van der Waals surface area contributed by atoms with E-state index in [-0.39, 0.29) is 18.1 Å². The van der Waals surface area contributed by atoms with Crippen LogP contribution < -0.4 is 24.6 Å². The van der Waals surface area contributed by atoms with E-state index in [1.807, 2.05) is 32.0 Å². The lowest BCUT2D eigenvalue weighted by molar-refractivity contribution is -0.121. The van der Waals surface area contributed by atoms with Crippen LogP contribution in [0.15, 0.2) is 103 Å². The van der Waals surface area contributed by atoms with Crippen molar-refractivity contribution >= 4 is 46.9 Å². The quantitative estimate of drug-likeness (QED) is 0.207. The number of nitrogens with one attached hydrogen (secondary N) is 1. The molecule has 4 aromatic rings. The number of ether oxygens (including phenoxy) is 2. The average Bonchev–Trinajstić information content (AvgIpc) is 3.01. The van der Waals surface area contributed by atoms with E-state index in [1.54, 1.807) is 78.9 Å². The third-order valence-corrected chi connectivity index (χ3v) is 6.93. The van der Waals surface area contributed by atoms with E-state index in [4.69, 9.17) is 9.47 Å². The zero-order valence-electron chi connectivity index (χ0n) is 23.9. The second-order valence-corrected chi connectivity index (χ2v) is 9.84. The van der Waals surface area contributed by atoms with Crippen molar-refractivity contribution in [2.24, 2.45) is 0 Å². The van der Waals surface area contributed by atoms with Crippen LogP contribution in [0.5, 0.6) is 11.5 Å². The maximum atomic E-state index is 13.6. The lowest BCUT2D eigenvalue weighted by Gasteiger charge is -2.33. The number of nitrogens with zero attached hydrogens (tertiary/aromatic N) is 2. The van der Waals surface area contributed by atoms with Gasteiger partial charge in [0.1, 0.15) is 5.57 Å². The summed E-state index contributed by atoms with van der Waals surface area (Å²) in [4.78, 5) is 55.1. The predicted octanol–water partition coefficient (Wildman–Crippen LogP) is 5.91.